The van der Waals surface area contributed by atoms with Gasteiger partial charge in [0.25, 0.3) is 0 Å². The lowest BCUT2D eigenvalue weighted by Crippen LogP contribution is -2.28. The predicted octanol–water partition coefficient (Wildman–Crippen LogP) is 2.27. The summed E-state index contributed by atoms with van der Waals surface area (Å²) in [6, 6.07) is 5.67. The van der Waals surface area contributed by atoms with Crippen molar-refractivity contribution in [3.63, 3.8) is 0 Å². The second-order valence-electron chi connectivity index (χ2n) is 4.71. The van der Waals surface area contributed by atoms with Crippen LogP contribution in [0.5, 0.6) is 0 Å². The van der Waals surface area contributed by atoms with Crippen LogP contribution in [-0.4, -0.2) is 23.3 Å². The molecule has 1 aromatic carbocycles. The van der Waals surface area contributed by atoms with E-state index in [-0.39, 0.29) is 24.1 Å². The second-order valence-corrected chi connectivity index (χ2v) is 5.60. The van der Waals surface area contributed by atoms with Gasteiger partial charge in [-0.1, -0.05) is 0 Å². The van der Waals surface area contributed by atoms with Gasteiger partial charge in [-0.25, -0.2) is 9.37 Å². The van der Waals surface area contributed by atoms with Crippen LogP contribution in [0.4, 0.5) is 15.2 Å². The fourth-order valence-electron chi connectivity index (χ4n) is 2.25. The maximum atomic E-state index is 12.9. The summed E-state index contributed by atoms with van der Waals surface area (Å²) in [6.45, 7) is 0.293. The second kappa shape index (κ2) is 5.61. The molecular weight excluding hydrogens is 293 g/mol. The number of hydrogen-bond donors (Lipinski definition) is 1. The lowest BCUT2D eigenvalue weighted by atomic mass is 10.1. The molecule has 1 aromatic heterocycles. The highest BCUT2D eigenvalue weighted by Gasteiger charge is 2.35. The van der Waals surface area contributed by atoms with E-state index >= 15 is 0 Å². The Balaban J connectivity index is 1.69. The zero-order valence-corrected chi connectivity index (χ0v) is 11.8. The van der Waals surface area contributed by atoms with Crippen LogP contribution in [0.3, 0.4) is 0 Å². The maximum absolute atomic E-state index is 12.9. The number of carbonyl (C=O) groups is 2. The Hall–Kier alpha value is -2.28. The zero-order chi connectivity index (χ0) is 14.8. The number of thiazole rings is 1. The Morgan fingerprint density at radius 1 is 1.38 bits per heavy atom. The van der Waals surface area contributed by atoms with Crippen molar-refractivity contribution in [3.8, 4) is 0 Å². The molecule has 1 fully saturated rings. The molecule has 108 valence electrons. The predicted molar refractivity (Wildman–Crippen MR) is 77.6 cm³/mol. The molecule has 0 bridgehead atoms. The van der Waals surface area contributed by atoms with Gasteiger partial charge in [-0.15, -0.1) is 11.3 Å². The summed E-state index contributed by atoms with van der Waals surface area (Å²) in [4.78, 5) is 29.6. The first-order valence-electron chi connectivity index (χ1n) is 6.40. The van der Waals surface area contributed by atoms with Gasteiger partial charge >= 0.3 is 0 Å². The van der Waals surface area contributed by atoms with Gasteiger partial charge in [0.15, 0.2) is 5.13 Å². The highest BCUT2D eigenvalue weighted by atomic mass is 32.1. The van der Waals surface area contributed by atoms with Gasteiger partial charge in [-0.2, -0.15) is 0 Å². The molecule has 2 aromatic rings. The molecule has 1 atom stereocenters. The van der Waals surface area contributed by atoms with E-state index in [0.717, 1.165) is 0 Å². The number of hydrogen-bond acceptors (Lipinski definition) is 4. The number of carbonyl (C=O) groups excluding carboxylic acids is 2. The van der Waals surface area contributed by atoms with Crippen molar-refractivity contribution >= 4 is 34.0 Å². The first-order chi connectivity index (χ1) is 10.1. The summed E-state index contributed by atoms with van der Waals surface area (Å²) in [5.41, 5.74) is 0.603. The third-order valence-electron chi connectivity index (χ3n) is 3.30. The Morgan fingerprint density at radius 3 is 2.81 bits per heavy atom. The third-order valence-corrected chi connectivity index (χ3v) is 3.99. The number of nitrogens with one attached hydrogen (secondary N) is 1. The summed E-state index contributed by atoms with van der Waals surface area (Å²) in [7, 11) is 0. The molecule has 2 heterocycles. The Bertz CT molecular complexity index is 657. The molecule has 1 aliphatic heterocycles. The van der Waals surface area contributed by atoms with E-state index in [2.05, 4.69) is 10.3 Å². The Morgan fingerprint density at radius 2 is 2.14 bits per heavy atom. The number of halogens is 1. The maximum Gasteiger partial charge on any atom is 0.231 e. The number of anilines is 2. The van der Waals surface area contributed by atoms with Gasteiger partial charge in [0.05, 0.1) is 5.92 Å². The molecule has 0 unspecified atom stereocenters. The van der Waals surface area contributed by atoms with Gasteiger partial charge in [0.1, 0.15) is 5.82 Å². The summed E-state index contributed by atoms with van der Waals surface area (Å²) >= 11 is 1.33. The lowest BCUT2D eigenvalue weighted by Gasteiger charge is -2.16. The van der Waals surface area contributed by atoms with Gasteiger partial charge < -0.3 is 10.2 Å². The van der Waals surface area contributed by atoms with Crippen molar-refractivity contribution in [2.45, 2.75) is 6.42 Å². The van der Waals surface area contributed by atoms with Gasteiger partial charge in [0.2, 0.25) is 11.8 Å². The topological polar surface area (TPSA) is 62.3 Å². The summed E-state index contributed by atoms with van der Waals surface area (Å²) in [5.74, 6) is -1.14. The average molecular weight is 305 g/mol. The zero-order valence-electron chi connectivity index (χ0n) is 11.0. The van der Waals surface area contributed by atoms with Crippen LogP contribution in [0, 0.1) is 11.7 Å². The van der Waals surface area contributed by atoms with Crippen LogP contribution < -0.4 is 10.2 Å². The van der Waals surface area contributed by atoms with Crippen LogP contribution in [0.15, 0.2) is 35.8 Å². The Kier molecular flexibility index (Phi) is 3.66. The number of benzene rings is 1. The molecule has 1 saturated heterocycles. The molecule has 0 aliphatic carbocycles. The van der Waals surface area contributed by atoms with Crippen molar-refractivity contribution in [2.24, 2.45) is 5.92 Å². The standard InChI is InChI=1S/C14H12FN3O2S/c15-10-1-3-11(4-2-10)18-8-9(7-12(18)19)13(20)17-14-16-5-6-21-14/h1-6,9H,7-8H2,(H,16,17,20)/t9-/m0/s1. The minimum absolute atomic E-state index is 0.138. The van der Waals surface area contributed by atoms with E-state index in [1.807, 2.05) is 0 Å². The molecule has 0 radical (unpaired) electrons. The molecule has 7 heteroatoms. The number of amides is 2. The van der Waals surface area contributed by atoms with Gasteiger partial charge in [-0.3, -0.25) is 9.59 Å². The van der Waals surface area contributed by atoms with Crippen molar-refractivity contribution in [1.29, 1.82) is 0 Å². The molecule has 3 rings (SSSR count). The molecule has 0 spiro atoms. The minimum Gasteiger partial charge on any atom is -0.312 e. The fourth-order valence-corrected chi connectivity index (χ4v) is 2.78. The van der Waals surface area contributed by atoms with Crippen molar-refractivity contribution in [3.05, 3.63) is 41.7 Å². The normalized spacial score (nSPS) is 18.0. The molecule has 0 saturated carbocycles. The third kappa shape index (κ3) is 2.92. The van der Waals surface area contributed by atoms with Crippen LogP contribution in [0.25, 0.3) is 0 Å². The van der Waals surface area contributed by atoms with Crippen LogP contribution in [-0.2, 0) is 9.59 Å². The first-order valence-corrected chi connectivity index (χ1v) is 7.28. The van der Waals surface area contributed by atoms with E-state index in [0.29, 0.717) is 17.4 Å². The summed E-state index contributed by atoms with van der Waals surface area (Å²) < 4.78 is 12.9. The molecule has 21 heavy (non-hydrogen) atoms. The summed E-state index contributed by atoms with van der Waals surface area (Å²) in [6.07, 6.45) is 1.75. The van der Waals surface area contributed by atoms with Crippen LogP contribution in [0.1, 0.15) is 6.42 Å². The van der Waals surface area contributed by atoms with Crippen molar-refractivity contribution < 1.29 is 14.0 Å². The lowest BCUT2D eigenvalue weighted by molar-refractivity contribution is -0.122. The van der Waals surface area contributed by atoms with Crippen molar-refractivity contribution in [2.75, 3.05) is 16.8 Å². The summed E-state index contributed by atoms with van der Waals surface area (Å²) in [5, 5.41) is 4.98. The molecular formula is C14H12FN3O2S. The highest BCUT2D eigenvalue weighted by molar-refractivity contribution is 7.13. The van der Waals surface area contributed by atoms with Crippen LogP contribution >= 0.6 is 11.3 Å². The van der Waals surface area contributed by atoms with E-state index in [9.17, 15) is 14.0 Å². The fraction of sp³-hybridized carbons (Fsp3) is 0.214. The smallest absolute Gasteiger partial charge is 0.231 e. The first kappa shape index (κ1) is 13.7. The SMILES string of the molecule is O=C(Nc1nccs1)[C@H]1CC(=O)N(c2ccc(F)cc2)C1. The number of aromatic nitrogens is 1. The van der Waals surface area contributed by atoms with Crippen molar-refractivity contribution in [1.82, 2.24) is 4.98 Å². The molecule has 1 N–H and O–H groups in total. The van der Waals surface area contributed by atoms with Gasteiger partial charge in [-0.05, 0) is 24.3 Å². The van der Waals surface area contributed by atoms with Crippen LogP contribution in [0.2, 0.25) is 0 Å². The largest absolute Gasteiger partial charge is 0.312 e. The molecule has 1 aliphatic rings. The van der Waals surface area contributed by atoms with E-state index in [4.69, 9.17) is 0 Å². The van der Waals surface area contributed by atoms with E-state index in [1.165, 1.54) is 40.5 Å². The van der Waals surface area contributed by atoms with E-state index < -0.39 is 5.92 Å². The monoisotopic (exact) mass is 305 g/mol. The Labute approximate surface area is 124 Å². The molecule has 2 amide bonds. The average Bonchev–Trinajstić information content (AvgIpc) is 3.09. The minimum atomic E-state index is -0.425. The van der Waals surface area contributed by atoms with E-state index in [1.54, 1.807) is 11.6 Å². The van der Waals surface area contributed by atoms with Gasteiger partial charge in [0, 0.05) is 30.2 Å². The quantitative estimate of drug-likeness (QED) is 0.946. The number of nitrogens with zero attached hydrogens (tertiary/aromatic N) is 2. The number of rotatable bonds is 3. The molecule has 5 nitrogen and oxygen atoms in total. The highest BCUT2D eigenvalue weighted by Crippen LogP contribution is 2.26.